The Morgan fingerprint density at radius 1 is 1.38 bits per heavy atom. The second-order valence-electron chi connectivity index (χ2n) is 5.16. The van der Waals surface area contributed by atoms with Crippen LogP contribution in [0.1, 0.15) is 13.3 Å². The highest BCUT2D eigenvalue weighted by molar-refractivity contribution is 7.86. The smallest absolute Gasteiger partial charge is 0.264 e. The van der Waals surface area contributed by atoms with E-state index in [1.807, 2.05) is 0 Å². The normalized spacial score (nSPS) is 34.7. The van der Waals surface area contributed by atoms with Crippen molar-refractivity contribution in [2.75, 3.05) is 6.26 Å². The van der Waals surface area contributed by atoms with Gasteiger partial charge in [0.05, 0.1) is 20.4 Å². The summed E-state index contributed by atoms with van der Waals surface area (Å²) in [6.45, 7) is 8.88. The molecule has 0 saturated heterocycles. The second-order valence-corrected chi connectivity index (χ2v) is 12.4. The zero-order valence-corrected chi connectivity index (χ0v) is 10.7. The van der Waals surface area contributed by atoms with Gasteiger partial charge in [0.25, 0.3) is 10.1 Å². The summed E-state index contributed by atoms with van der Waals surface area (Å²) in [5, 5.41) is 0.149. The van der Waals surface area contributed by atoms with Gasteiger partial charge in [-0.3, -0.25) is 4.18 Å². The van der Waals surface area contributed by atoms with Gasteiger partial charge in [0.1, 0.15) is 0 Å². The van der Waals surface area contributed by atoms with E-state index >= 15 is 0 Å². The van der Waals surface area contributed by atoms with E-state index in [1.165, 1.54) is 0 Å². The zero-order chi connectivity index (χ0) is 10.5. The van der Waals surface area contributed by atoms with Crippen LogP contribution >= 0.6 is 0 Å². The van der Waals surface area contributed by atoms with E-state index in [1.54, 1.807) is 0 Å². The third-order valence-electron chi connectivity index (χ3n) is 3.16. The fraction of sp³-hybridized carbons (Fsp3) is 1.00. The molecule has 0 N–H and O–H groups in total. The first kappa shape index (κ1) is 11.2. The van der Waals surface area contributed by atoms with Gasteiger partial charge in [-0.2, -0.15) is 8.42 Å². The van der Waals surface area contributed by atoms with E-state index in [0.29, 0.717) is 0 Å². The Hall–Kier alpha value is 0.127. The molecule has 2 atom stereocenters. The highest BCUT2D eigenvalue weighted by atomic mass is 32.2. The quantitative estimate of drug-likeness (QED) is 0.540. The van der Waals surface area contributed by atoms with Gasteiger partial charge in [-0.05, 0) is 11.5 Å². The van der Waals surface area contributed by atoms with E-state index in [9.17, 15) is 8.42 Å². The summed E-state index contributed by atoms with van der Waals surface area (Å²) in [6.07, 6.45) is 1.96. The van der Waals surface area contributed by atoms with Crippen molar-refractivity contribution in [3.63, 3.8) is 0 Å². The molecule has 0 bridgehead atoms. The van der Waals surface area contributed by atoms with Crippen molar-refractivity contribution in [3.8, 4) is 0 Å². The minimum absolute atomic E-state index is 0.0610. The Balaban J connectivity index is 2.65. The summed E-state index contributed by atoms with van der Waals surface area (Å²) in [5.41, 5.74) is 0. The standard InChI is InChI=1S/C8H18O3SSi/c1-8(13(3,4)5)6-7(8)11-12(2,9)10/h7H,6H2,1-5H3. The van der Waals surface area contributed by atoms with Crippen LogP contribution in [0.5, 0.6) is 0 Å². The fourth-order valence-corrected chi connectivity index (χ4v) is 4.08. The van der Waals surface area contributed by atoms with Crippen molar-refractivity contribution in [2.24, 2.45) is 0 Å². The van der Waals surface area contributed by atoms with Crippen LogP contribution in [-0.4, -0.2) is 28.9 Å². The third-order valence-corrected chi connectivity index (χ3v) is 7.70. The fourth-order valence-electron chi connectivity index (χ4n) is 1.47. The molecule has 0 radical (unpaired) electrons. The topological polar surface area (TPSA) is 43.4 Å². The lowest BCUT2D eigenvalue weighted by Gasteiger charge is -2.25. The Bertz CT molecular complexity index is 304. The minimum Gasteiger partial charge on any atom is -0.267 e. The molecule has 0 aromatic carbocycles. The highest BCUT2D eigenvalue weighted by Gasteiger charge is 2.60. The molecule has 0 aromatic rings. The summed E-state index contributed by atoms with van der Waals surface area (Å²) in [6, 6.07) is 0. The Labute approximate surface area is 81.6 Å². The summed E-state index contributed by atoms with van der Waals surface area (Å²) in [5.74, 6) is 0. The van der Waals surface area contributed by atoms with E-state index in [2.05, 4.69) is 26.6 Å². The van der Waals surface area contributed by atoms with Gasteiger partial charge in [0.15, 0.2) is 0 Å². The van der Waals surface area contributed by atoms with Gasteiger partial charge in [-0.15, -0.1) is 0 Å². The zero-order valence-electron chi connectivity index (χ0n) is 8.92. The first-order valence-corrected chi connectivity index (χ1v) is 9.76. The number of rotatable bonds is 3. The van der Waals surface area contributed by atoms with Gasteiger partial charge in [-0.25, -0.2) is 0 Å². The molecule has 1 rings (SSSR count). The van der Waals surface area contributed by atoms with Crippen LogP contribution in [0.25, 0.3) is 0 Å². The molecule has 1 aliphatic rings. The maximum absolute atomic E-state index is 10.9. The van der Waals surface area contributed by atoms with Crippen LogP contribution in [-0.2, 0) is 14.3 Å². The molecule has 0 heterocycles. The number of hydrogen-bond donors (Lipinski definition) is 0. The van der Waals surface area contributed by atoms with E-state index in [0.717, 1.165) is 12.7 Å². The van der Waals surface area contributed by atoms with Crippen molar-refractivity contribution in [1.82, 2.24) is 0 Å². The summed E-state index contributed by atoms with van der Waals surface area (Å²) in [4.78, 5) is 0. The van der Waals surface area contributed by atoms with Crippen LogP contribution in [0.15, 0.2) is 0 Å². The average Bonchev–Trinajstić information content (AvgIpc) is 2.35. The summed E-state index contributed by atoms with van der Waals surface area (Å²) in [7, 11) is -4.57. The van der Waals surface area contributed by atoms with Crippen LogP contribution in [0.4, 0.5) is 0 Å². The van der Waals surface area contributed by atoms with Gasteiger partial charge >= 0.3 is 0 Å². The highest BCUT2D eigenvalue weighted by Crippen LogP contribution is 2.62. The molecule has 2 unspecified atom stereocenters. The summed E-state index contributed by atoms with van der Waals surface area (Å²) < 4.78 is 26.8. The van der Waals surface area contributed by atoms with Crippen molar-refractivity contribution >= 4 is 18.2 Å². The molecule has 3 nitrogen and oxygen atoms in total. The Kier molecular flexibility index (Phi) is 2.42. The predicted octanol–water partition coefficient (Wildman–Crippen LogP) is 1.83. The molecule has 0 amide bonds. The average molecular weight is 222 g/mol. The maximum Gasteiger partial charge on any atom is 0.264 e. The molecule has 0 aromatic heterocycles. The third kappa shape index (κ3) is 2.33. The molecule has 78 valence electrons. The lowest BCUT2D eigenvalue weighted by Crippen LogP contribution is -2.30. The molecule has 1 fully saturated rings. The van der Waals surface area contributed by atoms with Crippen LogP contribution in [0.2, 0.25) is 24.7 Å². The van der Waals surface area contributed by atoms with E-state index < -0.39 is 18.2 Å². The van der Waals surface area contributed by atoms with Gasteiger partial charge in [0.2, 0.25) is 0 Å². The summed E-state index contributed by atoms with van der Waals surface area (Å²) >= 11 is 0. The van der Waals surface area contributed by atoms with Crippen LogP contribution in [0, 0.1) is 0 Å². The van der Waals surface area contributed by atoms with Crippen molar-refractivity contribution in [1.29, 1.82) is 0 Å². The van der Waals surface area contributed by atoms with Gasteiger partial charge in [-0.1, -0.05) is 26.6 Å². The molecule has 13 heavy (non-hydrogen) atoms. The molecular weight excluding hydrogens is 204 g/mol. The van der Waals surface area contributed by atoms with Gasteiger partial charge in [0, 0.05) is 0 Å². The second kappa shape index (κ2) is 2.81. The van der Waals surface area contributed by atoms with Gasteiger partial charge < -0.3 is 0 Å². The minimum atomic E-state index is -3.27. The maximum atomic E-state index is 10.9. The van der Waals surface area contributed by atoms with Crippen molar-refractivity contribution in [2.45, 2.75) is 44.1 Å². The van der Waals surface area contributed by atoms with E-state index in [-0.39, 0.29) is 11.1 Å². The Morgan fingerprint density at radius 2 is 1.85 bits per heavy atom. The first-order valence-electron chi connectivity index (χ1n) is 4.44. The lowest BCUT2D eigenvalue weighted by atomic mass is 10.5. The van der Waals surface area contributed by atoms with Crippen molar-refractivity contribution < 1.29 is 12.6 Å². The largest absolute Gasteiger partial charge is 0.267 e. The Morgan fingerprint density at radius 3 is 2.08 bits per heavy atom. The van der Waals surface area contributed by atoms with Crippen molar-refractivity contribution in [3.05, 3.63) is 0 Å². The molecule has 1 aliphatic carbocycles. The molecule has 0 aliphatic heterocycles. The van der Waals surface area contributed by atoms with Crippen LogP contribution < -0.4 is 0 Å². The molecule has 1 saturated carbocycles. The van der Waals surface area contributed by atoms with E-state index in [4.69, 9.17) is 4.18 Å². The monoisotopic (exact) mass is 222 g/mol. The lowest BCUT2D eigenvalue weighted by molar-refractivity contribution is 0.296. The molecular formula is C8H18O3SSi. The first-order chi connectivity index (χ1) is 5.56. The molecule has 5 heteroatoms. The predicted molar refractivity (Wildman–Crippen MR) is 56.0 cm³/mol. The number of hydrogen-bond acceptors (Lipinski definition) is 3. The SMILES string of the molecule is CC1([Si](C)(C)C)CC1OS(C)(=O)=O. The van der Waals surface area contributed by atoms with Crippen LogP contribution in [0.3, 0.4) is 0 Å². The molecule has 0 spiro atoms.